The fourth-order valence-corrected chi connectivity index (χ4v) is 2.12. The van der Waals surface area contributed by atoms with Gasteiger partial charge in [-0.1, -0.05) is 35.4 Å². The first-order chi connectivity index (χ1) is 11.8. The first kappa shape index (κ1) is 15.5. The lowest BCUT2D eigenvalue weighted by atomic mass is 10.2. The number of hydrogen-bond acceptors (Lipinski definition) is 5. The molecule has 0 aliphatic heterocycles. The van der Waals surface area contributed by atoms with E-state index in [2.05, 4.69) is 25.4 Å². The maximum absolute atomic E-state index is 8.20. The molecule has 0 aliphatic carbocycles. The molecule has 0 saturated heterocycles. The average Bonchev–Trinajstić information content (AvgIpc) is 3.09. The molecule has 2 aromatic carbocycles. The van der Waals surface area contributed by atoms with Crippen LogP contribution in [0, 0.1) is 0 Å². The van der Waals surface area contributed by atoms with Gasteiger partial charge in [0.2, 0.25) is 5.82 Å². The molecular weight excluding hydrogens is 306 g/mol. The summed E-state index contributed by atoms with van der Waals surface area (Å²) in [6.07, 6.45) is 0. The molecule has 0 N–H and O–H groups in total. The summed E-state index contributed by atoms with van der Waals surface area (Å²) < 4.78 is 5.46. The summed E-state index contributed by atoms with van der Waals surface area (Å²) in [7, 11) is 0. The van der Waals surface area contributed by atoms with Crippen LogP contribution in [0.4, 0.5) is 0 Å². The van der Waals surface area contributed by atoms with E-state index in [1.165, 1.54) is 0 Å². The second kappa shape index (κ2) is 7.75. The molecule has 1 aromatic heterocycles. The van der Waals surface area contributed by atoms with E-state index < -0.39 is 0 Å². The van der Waals surface area contributed by atoms with Crippen LogP contribution < -0.4 is 4.74 Å². The lowest BCUT2D eigenvalue weighted by Gasteiger charge is -2.04. The number of tetrazole rings is 1. The van der Waals surface area contributed by atoms with Gasteiger partial charge in [-0.05, 0) is 40.6 Å². The van der Waals surface area contributed by atoms with Gasteiger partial charge in [-0.25, -0.2) is 0 Å². The Labute approximate surface area is 138 Å². The zero-order valence-corrected chi connectivity index (χ0v) is 12.9. The molecule has 0 unspecified atom stereocenters. The molecule has 0 spiro atoms. The highest BCUT2D eigenvalue weighted by atomic mass is 16.5. The Kier molecular flexibility index (Phi) is 5.01. The lowest BCUT2D eigenvalue weighted by Crippen LogP contribution is -2.03. The Bertz CT molecular complexity index is 823. The summed E-state index contributed by atoms with van der Waals surface area (Å²) >= 11 is 0. The van der Waals surface area contributed by atoms with Crippen molar-refractivity contribution in [1.82, 2.24) is 20.2 Å². The molecule has 0 fully saturated rings. The molecular formula is C16H15N7O. The smallest absolute Gasteiger partial charge is 0.204 e. The lowest BCUT2D eigenvalue weighted by molar-refractivity contribution is 0.328. The third-order valence-corrected chi connectivity index (χ3v) is 3.26. The highest BCUT2D eigenvalue weighted by Crippen LogP contribution is 2.18. The summed E-state index contributed by atoms with van der Waals surface area (Å²) in [5, 5.41) is 16.0. The Balaban J connectivity index is 1.63. The number of aromatic nitrogens is 4. The molecule has 0 bridgehead atoms. The summed E-state index contributed by atoms with van der Waals surface area (Å²) in [6.45, 7) is 1.22. The minimum atomic E-state index is 0.299. The van der Waals surface area contributed by atoms with E-state index in [0.29, 0.717) is 31.3 Å². The fourth-order valence-electron chi connectivity index (χ4n) is 2.12. The summed E-state index contributed by atoms with van der Waals surface area (Å²) in [6, 6.07) is 17.4. The Morgan fingerprint density at radius 2 is 1.88 bits per heavy atom. The van der Waals surface area contributed by atoms with Crippen molar-refractivity contribution >= 4 is 0 Å². The molecule has 24 heavy (non-hydrogen) atoms. The number of ether oxygens (including phenoxy) is 1. The maximum Gasteiger partial charge on any atom is 0.204 e. The third kappa shape index (κ3) is 4.08. The largest absolute Gasteiger partial charge is 0.493 e. The van der Waals surface area contributed by atoms with E-state index in [-0.39, 0.29) is 0 Å². The predicted molar refractivity (Wildman–Crippen MR) is 88.3 cm³/mol. The van der Waals surface area contributed by atoms with E-state index in [0.717, 1.165) is 11.1 Å². The topological polar surface area (TPSA) is 102 Å². The van der Waals surface area contributed by atoms with Gasteiger partial charge in [0.05, 0.1) is 19.7 Å². The number of benzene rings is 2. The van der Waals surface area contributed by atoms with Crippen LogP contribution in [0.5, 0.6) is 5.75 Å². The van der Waals surface area contributed by atoms with Crippen molar-refractivity contribution in [2.45, 2.75) is 6.54 Å². The predicted octanol–water partition coefficient (Wildman–Crippen LogP) is 3.08. The van der Waals surface area contributed by atoms with E-state index in [9.17, 15) is 0 Å². The maximum atomic E-state index is 8.20. The molecule has 8 heteroatoms. The van der Waals surface area contributed by atoms with Crippen LogP contribution in [0.25, 0.3) is 21.8 Å². The van der Waals surface area contributed by atoms with Crippen LogP contribution in [-0.4, -0.2) is 33.4 Å². The zero-order chi connectivity index (χ0) is 16.6. The number of azide groups is 1. The summed E-state index contributed by atoms with van der Waals surface area (Å²) in [5.41, 5.74) is 10.2. The molecule has 1 heterocycles. The van der Waals surface area contributed by atoms with Crippen LogP contribution in [0.2, 0.25) is 0 Å². The monoisotopic (exact) mass is 321 g/mol. The highest BCUT2D eigenvalue weighted by molar-refractivity contribution is 5.55. The molecule has 0 saturated carbocycles. The van der Waals surface area contributed by atoms with Gasteiger partial charge in [0.15, 0.2) is 0 Å². The standard InChI is InChI=1S/C16H15N7O/c17-21-18-10-11-24-15-8-6-14(7-9-15)16-19-22-23(20-16)12-13-4-2-1-3-5-13/h1-9H,10-12H2. The van der Waals surface area contributed by atoms with Gasteiger partial charge < -0.3 is 4.74 Å². The van der Waals surface area contributed by atoms with Crippen LogP contribution >= 0.6 is 0 Å². The number of rotatable bonds is 7. The van der Waals surface area contributed by atoms with Gasteiger partial charge in [0.25, 0.3) is 0 Å². The fraction of sp³-hybridized carbons (Fsp3) is 0.188. The van der Waals surface area contributed by atoms with Crippen LogP contribution in [0.1, 0.15) is 5.56 Å². The SMILES string of the molecule is [N-]=[N+]=NCCOc1ccc(-c2nnn(Cc3ccccc3)n2)cc1. The molecule has 3 rings (SSSR count). The Hall–Kier alpha value is -3.38. The van der Waals surface area contributed by atoms with Gasteiger partial charge in [-0.3, -0.25) is 0 Å². The van der Waals surface area contributed by atoms with Gasteiger partial charge in [0.1, 0.15) is 5.75 Å². The highest BCUT2D eigenvalue weighted by Gasteiger charge is 2.06. The van der Waals surface area contributed by atoms with Crippen LogP contribution in [0.3, 0.4) is 0 Å². The van der Waals surface area contributed by atoms with Crippen molar-refractivity contribution in [2.24, 2.45) is 5.11 Å². The molecule has 0 aliphatic rings. The Morgan fingerprint density at radius 3 is 2.62 bits per heavy atom. The number of nitrogens with zero attached hydrogens (tertiary/aromatic N) is 7. The third-order valence-electron chi connectivity index (χ3n) is 3.26. The van der Waals surface area contributed by atoms with Gasteiger partial charge >= 0.3 is 0 Å². The minimum Gasteiger partial charge on any atom is -0.493 e. The van der Waals surface area contributed by atoms with E-state index in [1.807, 2.05) is 54.6 Å². The molecule has 0 amide bonds. The number of hydrogen-bond donors (Lipinski definition) is 0. The zero-order valence-electron chi connectivity index (χ0n) is 12.9. The van der Waals surface area contributed by atoms with Crippen molar-refractivity contribution in [3.63, 3.8) is 0 Å². The molecule has 8 nitrogen and oxygen atoms in total. The van der Waals surface area contributed by atoms with Crippen molar-refractivity contribution < 1.29 is 4.74 Å². The van der Waals surface area contributed by atoms with Crippen molar-refractivity contribution in [2.75, 3.05) is 13.2 Å². The molecule has 120 valence electrons. The first-order valence-electron chi connectivity index (χ1n) is 7.41. The van der Waals surface area contributed by atoms with Crippen LogP contribution in [0.15, 0.2) is 59.7 Å². The molecule has 3 aromatic rings. The molecule has 0 radical (unpaired) electrons. The molecule has 0 atom stereocenters. The quantitative estimate of drug-likeness (QED) is 0.289. The summed E-state index contributed by atoms with van der Waals surface area (Å²) in [4.78, 5) is 4.24. The first-order valence-corrected chi connectivity index (χ1v) is 7.41. The Morgan fingerprint density at radius 1 is 1.08 bits per heavy atom. The van der Waals surface area contributed by atoms with Gasteiger partial charge in [-0.2, -0.15) is 4.80 Å². The van der Waals surface area contributed by atoms with E-state index in [1.54, 1.807) is 4.80 Å². The second-order valence-corrected chi connectivity index (χ2v) is 4.96. The van der Waals surface area contributed by atoms with Crippen LogP contribution in [-0.2, 0) is 6.54 Å². The van der Waals surface area contributed by atoms with E-state index in [4.69, 9.17) is 10.3 Å². The van der Waals surface area contributed by atoms with Gasteiger partial charge in [-0.15, -0.1) is 10.2 Å². The summed E-state index contributed by atoms with van der Waals surface area (Å²) in [5.74, 6) is 1.26. The second-order valence-electron chi connectivity index (χ2n) is 4.96. The van der Waals surface area contributed by atoms with Crippen molar-refractivity contribution in [3.05, 3.63) is 70.6 Å². The van der Waals surface area contributed by atoms with Crippen molar-refractivity contribution in [1.29, 1.82) is 0 Å². The normalized spacial score (nSPS) is 10.2. The van der Waals surface area contributed by atoms with Crippen molar-refractivity contribution in [3.8, 4) is 17.1 Å². The average molecular weight is 321 g/mol. The minimum absolute atomic E-state index is 0.299. The van der Waals surface area contributed by atoms with Gasteiger partial charge in [0, 0.05) is 10.5 Å². The van der Waals surface area contributed by atoms with E-state index >= 15 is 0 Å².